The van der Waals surface area contributed by atoms with Crippen LogP contribution in [0.2, 0.25) is 0 Å². The van der Waals surface area contributed by atoms with E-state index in [9.17, 15) is 24.3 Å². The van der Waals surface area contributed by atoms with Gasteiger partial charge >= 0.3 is 0 Å². The molecule has 286 valence electrons. The van der Waals surface area contributed by atoms with Crippen molar-refractivity contribution in [2.75, 3.05) is 55.6 Å². The van der Waals surface area contributed by atoms with Gasteiger partial charge < -0.3 is 19.6 Å². The number of nitrogens with zero attached hydrogens (tertiary/aromatic N) is 4. The van der Waals surface area contributed by atoms with E-state index in [1.54, 1.807) is 35.6 Å². The number of hydrogen-bond acceptors (Lipinski definition) is 10. The van der Waals surface area contributed by atoms with E-state index >= 15 is 0 Å². The number of thiophene rings is 1. The Morgan fingerprint density at radius 1 is 0.750 bits per heavy atom. The summed E-state index contributed by atoms with van der Waals surface area (Å²) in [4.78, 5) is 59.8. The second-order valence-corrected chi connectivity index (χ2v) is 16.9. The van der Waals surface area contributed by atoms with E-state index < -0.39 is 23.8 Å². The highest BCUT2D eigenvalue weighted by molar-refractivity contribution is 9.10. The fourth-order valence-electron chi connectivity index (χ4n) is 8.38. The SMILES string of the molecule is O=C1CCC(N2C(=O)c3ccc(N4CCN(CC5CCN(c6ccc(Oc7c(-c8ccc(Br)cc8)sc8cc(O)ccc78)cc6)CC5)CC4)cc3C2=O)C(=O)N1. The minimum absolute atomic E-state index is 0.0984. The molecule has 9 rings (SSSR count). The molecule has 4 amide bonds. The number of nitrogens with one attached hydrogen (secondary N) is 1. The van der Waals surface area contributed by atoms with Crippen LogP contribution in [-0.4, -0.2) is 90.4 Å². The molecule has 0 radical (unpaired) electrons. The van der Waals surface area contributed by atoms with Crippen LogP contribution in [0.15, 0.2) is 89.4 Å². The zero-order valence-electron chi connectivity index (χ0n) is 30.6. The number of piperidine rings is 2. The maximum Gasteiger partial charge on any atom is 0.262 e. The normalized spacial score (nSPS) is 19.5. The largest absolute Gasteiger partial charge is 0.508 e. The monoisotopic (exact) mass is 833 g/mol. The molecule has 5 heterocycles. The molecule has 1 unspecified atom stereocenters. The lowest BCUT2D eigenvalue weighted by Gasteiger charge is -2.40. The quantitative estimate of drug-likeness (QED) is 0.156. The Hall–Kier alpha value is -5.24. The fourth-order valence-corrected chi connectivity index (χ4v) is 9.81. The molecule has 0 aliphatic carbocycles. The topological polar surface area (TPSA) is 123 Å². The average Bonchev–Trinajstić information content (AvgIpc) is 3.68. The van der Waals surface area contributed by atoms with E-state index in [1.807, 2.05) is 36.4 Å². The van der Waals surface area contributed by atoms with Gasteiger partial charge in [0.1, 0.15) is 17.5 Å². The van der Waals surface area contributed by atoms with Crippen molar-refractivity contribution in [1.82, 2.24) is 15.1 Å². The van der Waals surface area contributed by atoms with Crippen LogP contribution in [0.5, 0.6) is 17.2 Å². The molecule has 2 N–H and O–H groups in total. The van der Waals surface area contributed by atoms with Gasteiger partial charge in [-0.2, -0.15) is 0 Å². The number of fused-ring (bicyclic) bond motifs is 2. The molecule has 0 spiro atoms. The molecule has 3 saturated heterocycles. The second-order valence-electron chi connectivity index (χ2n) is 14.9. The smallest absolute Gasteiger partial charge is 0.262 e. The van der Waals surface area contributed by atoms with Crippen molar-refractivity contribution in [1.29, 1.82) is 0 Å². The third-order valence-electron chi connectivity index (χ3n) is 11.4. The third-order valence-corrected chi connectivity index (χ3v) is 13.2. The summed E-state index contributed by atoms with van der Waals surface area (Å²) in [6.45, 7) is 6.51. The van der Waals surface area contributed by atoms with Crippen LogP contribution in [0.4, 0.5) is 11.4 Å². The highest BCUT2D eigenvalue weighted by atomic mass is 79.9. The highest BCUT2D eigenvalue weighted by Crippen LogP contribution is 2.47. The number of halogens is 1. The van der Waals surface area contributed by atoms with E-state index in [0.29, 0.717) is 17.0 Å². The van der Waals surface area contributed by atoms with Crippen molar-refractivity contribution in [2.45, 2.75) is 31.7 Å². The number of carbonyl (C=O) groups excluding carboxylic acids is 4. The molecule has 4 aliphatic rings. The van der Waals surface area contributed by atoms with Crippen molar-refractivity contribution in [3.63, 3.8) is 0 Å². The van der Waals surface area contributed by atoms with E-state index in [0.717, 1.165) is 106 Å². The van der Waals surface area contributed by atoms with E-state index in [1.165, 1.54) is 5.69 Å². The minimum Gasteiger partial charge on any atom is -0.508 e. The number of phenols is 1. The van der Waals surface area contributed by atoms with Gasteiger partial charge in [0.2, 0.25) is 11.8 Å². The number of amides is 4. The Kier molecular flexibility index (Phi) is 9.76. The maximum absolute atomic E-state index is 13.3. The Balaban J connectivity index is 0.777. The first-order valence-electron chi connectivity index (χ1n) is 19.1. The van der Waals surface area contributed by atoms with Gasteiger partial charge in [0.05, 0.1) is 16.0 Å². The molecule has 0 bridgehead atoms. The molecule has 5 aromatic rings. The lowest BCUT2D eigenvalue weighted by molar-refractivity contribution is -0.136. The Morgan fingerprint density at radius 2 is 1.45 bits per heavy atom. The minimum atomic E-state index is -0.965. The van der Waals surface area contributed by atoms with Gasteiger partial charge in [-0.1, -0.05) is 28.1 Å². The molecular formula is C43H40BrN5O6S. The molecule has 3 fully saturated rings. The van der Waals surface area contributed by atoms with Gasteiger partial charge in [-0.05, 0) is 104 Å². The summed E-state index contributed by atoms with van der Waals surface area (Å²) in [6, 6.07) is 26.4. The number of aromatic hydroxyl groups is 1. The zero-order chi connectivity index (χ0) is 38.5. The first-order chi connectivity index (χ1) is 27.2. The molecule has 56 heavy (non-hydrogen) atoms. The van der Waals surface area contributed by atoms with Crippen molar-refractivity contribution in [3.05, 3.63) is 101 Å². The van der Waals surface area contributed by atoms with Crippen LogP contribution in [0.1, 0.15) is 46.4 Å². The van der Waals surface area contributed by atoms with Crippen LogP contribution in [0.25, 0.3) is 20.5 Å². The second kappa shape index (κ2) is 15.0. The average molecular weight is 835 g/mol. The van der Waals surface area contributed by atoms with Crippen LogP contribution >= 0.6 is 27.3 Å². The Labute approximate surface area is 336 Å². The first-order valence-corrected chi connectivity index (χ1v) is 20.7. The Bertz CT molecular complexity index is 2350. The van der Waals surface area contributed by atoms with Gasteiger partial charge in [0.25, 0.3) is 11.8 Å². The van der Waals surface area contributed by atoms with Crippen molar-refractivity contribution in [2.24, 2.45) is 5.92 Å². The van der Waals surface area contributed by atoms with Gasteiger partial charge in [0.15, 0.2) is 5.75 Å². The maximum atomic E-state index is 13.3. The molecular weight excluding hydrogens is 794 g/mol. The molecule has 4 aliphatic heterocycles. The number of ether oxygens (including phenoxy) is 1. The molecule has 4 aromatic carbocycles. The van der Waals surface area contributed by atoms with E-state index in [-0.39, 0.29) is 24.5 Å². The molecule has 0 saturated carbocycles. The van der Waals surface area contributed by atoms with Crippen LogP contribution < -0.4 is 19.9 Å². The number of rotatable bonds is 8. The predicted molar refractivity (Wildman–Crippen MR) is 220 cm³/mol. The lowest BCUT2D eigenvalue weighted by Crippen LogP contribution is -2.54. The van der Waals surface area contributed by atoms with Crippen molar-refractivity contribution < 1.29 is 29.0 Å². The number of piperazine rings is 1. The summed E-state index contributed by atoms with van der Waals surface area (Å²) in [7, 11) is 0. The molecule has 13 heteroatoms. The van der Waals surface area contributed by atoms with Crippen molar-refractivity contribution in [3.8, 4) is 27.7 Å². The number of carbonyl (C=O) groups is 4. The van der Waals surface area contributed by atoms with Crippen LogP contribution in [-0.2, 0) is 9.59 Å². The van der Waals surface area contributed by atoms with E-state index in [2.05, 4.69) is 60.2 Å². The van der Waals surface area contributed by atoms with Gasteiger partial charge in [-0.3, -0.25) is 34.3 Å². The Morgan fingerprint density at radius 3 is 2.18 bits per heavy atom. The van der Waals surface area contributed by atoms with Gasteiger partial charge in [-0.25, -0.2) is 0 Å². The number of benzene rings is 4. The predicted octanol–water partition coefficient (Wildman–Crippen LogP) is 7.27. The van der Waals surface area contributed by atoms with Crippen LogP contribution in [0.3, 0.4) is 0 Å². The van der Waals surface area contributed by atoms with Gasteiger partial charge in [0, 0.05) is 78.2 Å². The fraction of sp³-hybridized carbons (Fsp3) is 0.302. The van der Waals surface area contributed by atoms with Crippen LogP contribution in [0, 0.1) is 5.92 Å². The summed E-state index contributed by atoms with van der Waals surface area (Å²) < 4.78 is 8.55. The number of phenolic OH excluding ortho intramolecular Hbond substituents is 1. The molecule has 1 atom stereocenters. The zero-order valence-corrected chi connectivity index (χ0v) is 33.0. The number of anilines is 2. The van der Waals surface area contributed by atoms with Crippen molar-refractivity contribution >= 4 is 72.4 Å². The van der Waals surface area contributed by atoms with E-state index in [4.69, 9.17) is 4.74 Å². The first kappa shape index (κ1) is 36.4. The standard InChI is InChI=1S/C43H40BrN5O6S/c44-28-3-1-27(2-4-28)40-39(34-12-8-31(50)24-37(34)56-40)55-32-9-5-29(6-10-32)47-17-15-26(16-18-47)25-46-19-21-48(22-20-46)30-7-11-33-35(23-30)43(54)49(42(33)53)36-13-14-38(51)45-41(36)52/h1-12,23-24,26,36,50H,13-22,25H2,(H,45,51,52). The number of hydrogen-bond donors (Lipinski definition) is 2. The summed E-state index contributed by atoms with van der Waals surface area (Å²) in [5.41, 5.74) is 3.76. The lowest BCUT2D eigenvalue weighted by atomic mass is 9.95. The summed E-state index contributed by atoms with van der Waals surface area (Å²) in [5, 5.41) is 13.3. The summed E-state index contributed by atoms with van der Waals surface area (Å²) >= 11 is 5.14. The highest BCUT2D eigenvalue weighted by Gasteiger charge is 2.45. The van der Waals surface area contributed by atoms with Gasteiger partial charge in [-0.15, -0.1) is 11.3 Å². The summed E-state index contributed by atoms with van der Waals surface area (Å²) in [5.74, 6) is 0.466. The molecule has 11 nitrogen and oxygen atoms in total. The summed E-state index contributed by atoms with van der Waals surface area (Å²) in [6.07, 6.45) is 2.48. The third kappa shape index (κ3) is 7.03. The number of imide groups is 2. The molecule has 1 aromatic heterocycles.